The summed E-state index contributed by atoms with van der Waals surface area (Å²) in [5.41, 5.74) is 0.654. The maximum atomic E-state index is 14.0. The molecule has 17 heavy (non-hydrogen) atoms. The number of halogens is 1. The largest absolute Gasteiger partial charge is 0.472 e. The number of hydrogen-bond acceptors (Lipinski definition) is 3. The van der Waals surface area contributed by atoms with Crippen LogP contribution in [0.4, 0.5) is 4.39 Å². The Labute approximate surface area is 100 Å². The average molecular weight is 236 g/mol. The molecule has 0 saturated heterocycles. The van der Waals surface area contributed by atoms with Gasteiger partial charge >= 0.3 is 0 Å². The molecule has 0 unspecified atom stereocenters. The minimum atomic E-state index is -0.299. The lowest BCUT2D eigenvalue weighted by atomic mass is 9.96. The van der Waals surface area contributed by atoms with Gasteiger partial charge in [0.2, 0.25) is 0 Å². The van der Waals surface area contributed by atoms with Gasteiger partial charge in [0.15, 0.2) is 5.82 Å². The fraction of sp³-hybridized carbons (Fsp3) is 0.615. The van der Waals surface area contributed by atoms with E-state index >= 15 is 0 Å². The second-order valence-electron chi connectivity index (χ2n) is 4.92. The Kier molecular flexibility index (Phi) is 2.97. The number of nitrogens with zero attached hydrogens (tertiary/aromatic N) is 1. The van der Waals surface area contributed by atoms with Crippen LogP contribution in [0, 0.1) is 5.82 Å². The van der Waals surface area contributed by atoms with E-state index in [4.69, 9.17) is 4.74 Å². The molecule has 1 aromatic heterocycles. The van der Waals surface area contributed by atoms with Crippen LogP contribution in [0.1, 0.15) is 37.7 Å². The molecule has 0 spiro atoms. The molecule has 1 N–H and O–H groups in total. The van der Waals surface area contributed by atoms with E-state index in [0.717, 1.165) is 12.8 Å². The number of hydrogen-bond donors (Lipinski definition) is 1. The zero-order valence-electron chi connectivity index (χ0n) is 9.79. The standard InChI is InChI=1S/C13H17FN2O/c14-12-9(8-16-10-4-5-10)6-7-15-13(12)17-11-2-1-3-11/h6-7,10-11,16H,1-5,8H2. The molecule has 3 nitrogen and oxygen atoms in total. The van der Waals surface area contributed by atoms with E-state index in [1.807, 2.05) is 0 Å². The third-order valence-corrected chi connectivity index (χ3v) is 3.43. The van der Waals surface area contributed by atoms with Gasteiger partial charge in [-0.2, -0.15) is 0 Å². The molecule has 1 heterocycles. The first-order valence-corrected chi connectivity index (χ1v) is 6.36. The normalized spacial score (nSPS) is 20.1. The minimum Gasteiger partial charge on any atom is -0.472 e. The van der Waals surface area contributed by atoms with Crippen molar-refractivity contribution in [2.24, 2.45) is 0 Å². The summed E-state index contributed by atoms with van der Waals surface area (Å²) >= 11 is 0. The lowest BCUT2D eigenvalue weighted by Crippen LogP contribution is -2.26. The molecule has 92 valence electrons. The second kappa shape index (κ2) is 4.61. The van der Waals surface area contributed by atoms with Crippen molar-refractivity contribution in [2.75, 3.05) is 0 Å². The van der Waals surface area contributed by atoms with Crippen LogP contribution in [-0.4, -0.2) is 17.1 Å². The van der Waals surface area contributed by atoms with Crippen LogP contribution < -0.4 is 10.1 Å². The fourth-order valence-corrected chi connectivity index (χ4v) is 1.87. The summed E-state index contributed by atoms with van der Waals surface area (Å²) in [7, 11) is 0. The maximum absolute atomic E-state index is 14.0. The molecule has 0 radical (unpaired) electrons. The summed E-state index contributed by atoms with van der Waals surface area (Å²) in [6.07, 6.45) is 7.42. The summed E-state index contributed by atoms with van der Waals surface area (Å²) in [4.78, 5) is 3.98. The molecule has 0 atom stereocenters. The predicted octanol–water partition coefficient (Wildman–Crippen LogP) is 2.40. The second-order valence-corrected chi connectivity index (χ2v) is 4.92. The van der Waals surface area contributed by atoms with Crippen LogP contribution in [0.15, 0.2) is 12.3 Å². The molecule has 4 heteroatoms. The van der Waals surface area contributed by atoms with Crippen LogP contribution in [0.25, 0.3) is 0 Å². The Hall–Kier alpha value is -1.16. The van der Waals surface area contributed by atoms with Crippen LogP contribution in [0.2, 0.25) is 0 Å². The highest BCUT2D eigenvalue weighted by Gasteiger charge is 2.23. The molecule has 3 rings (SSSR count). The van der Waals surface area contributed by atoms with Gasteiger partial charge in [-0.25, -0.2) is 9.37 Å². The van der Waals surface area contributed by atoms with E-state index in [2.05, 4.69) is 10.3 Å². The van der Waals surface area contributed by atoms with E-state index in [0.29, 0.717) is 18.2 Å². The quantitative estimate of drug-likeness (QED) is 0.852. The average Bonchev–Trinajstić information content (AvgIpc) is 3.07. The number of pyridine rings is 1. The molecular formula is C13H17FN2O. The monoisotopic (exact) mass is 236 g/mol. The van der Waals surface area contributed by atoms with Gasteiger partial charge in [0.05, 0.1) is 0 Å². The summed E-state index contributed by atoms with van der Waals surface area (Å²) < 4.78 is 19.6. The van der Waals surface area contributed by atoms with Crippen LogP contribution in [0.5, 0.6) is 5.88 Å². The van der Waals surface area contributed by atoms with Crippen molar-refractivity contribution in [3.63, 3.8) is 0 Å². The zero-order chi connectivity index (χ0) is 11.7. The van der Waals surface area contributed by atoms with Gasteiger partial charge in [-0.15, -0.1) is 0 Å². The van der Waals surface area contributed by atoms with Crippen molar-refractivity contribution in [3.8, 4) is 5.88 Å². The summed E-state index contributed by atoms with van der Waals surface area (Å²) in [6.45, 7) is 0.569. The first kappa shape index (κ1) is 11.0. The van der Waals surface area contributed by atoms with E-state index < -0.39 is 0 Å². The Bertz CT molecular complexity index is 402. The van der Waals surface area contributed by atoms with Crippen molar-refractivity contribution in [2.45, 2.75) is 50.8 Å². The topological polar surface area (TPSA) is 34.2 Å². The molecule has 2 aliphatic carbocycles. The zero-order valence-corrected chi connectivity index (χ0v) is 9.79. The first-order chi connectivity index (χ1) is 8.33. The maximum Gasteiger partial charge on any atom is 0.250 e. The predicted molar refractivity (Wildman–Crippen MR) is 62.3 cm³/mol. The minimum absolute atomic E-state index is 0.170. The summed E-state index contributed by atoms with van der Waals surface area (Å²) in [5.74, 6) is -0.127. The van der Waals surface area contributed by atoms with Gasteiger partial charge in [-0.1, -0.05) is 0 Å². The Morgan fingerprint density at radius 1 is 1.35 bits per heavy atom. The highest BCUT2D eigenvalue weighted by atomic mass is 19.1. The fourth-order valence-electron chi connectivity index (χ4n) is 1.87. The van der Waals surface area contributed by atoms with Crippen molar-refractivity contribution in [1.82, 2.24) is 10.3 Å². The first-order valence-electron chi connectivity index (χ1n) is 6.36. The summed E-state index contributed by atoms with van der Waals surface area (Å²) in [5, 5.41) is 3.30. The molecular weight excluding hydrogens is 219 g/mol. The van der Waals surface area contributed by atoms with Crippen LogP contribution in [0.3, 0.4) is 0 Å². The van der Waals surface area contributed by atoms with Crippen LogP contribution in [-0.2, 0) is 6.54 Å². The van der Waals surface area contributed by atoms with Gasteiger partial charge < -0.3 is 10.1 Å². The number of aromatic nitrogens is 1. The van der Waals surface area contributed by atoms with Gasteiger partial charge in [0.25, 0.3) is 5.88 Å². The molecule has 2 aliphatic rings. The smallest absolute Gasteiger partial charge is 0.250 e. The van der Waals surface area contributed by atoms with Gasteiger partial charge in [0, 0.05) is 24.3 Å². The molecule has 2 saturated carbocycles. The van der Waals surface area contributed by atoms with E-state index in [-0.39, 0.29) is 17.8 Å². The summed E-state index contributed by atoms with van der Waals surface area (Å²) in [6, 6.07) is 2.30. The number of nitrogens with one attached hydrogen (secondary N) is 1. The van der Waals surface area contributed by atoms with Crippen molar-refractivity contribution in [1.29, 1.82) is 0 Å². The van der Waals surface area contributed by atoms with Gasteiger partial charge in [-0.05, 0) is 38.2 Å². The third kappa shape index (κ3) is 2.57. The Balaban J connectivity index is 1.66. The third-order valence-electron chi connectivity index (χ3n) is 3.43. The Morgan fingerprint density at radius 3 is 2.82 bits per heavy atom. The molecule has 2 fully saturated rings. The molecule has 0 amide bonds. The highest BCUT2D eigenvalue weighted by Crippen LogP contribution is 2.27. The highest BCUT2D eigenvalue weighted by molar-refractivity contribution is 5.24. The van der Waals surface area contributed by atoms with E-state index in [9.17, 15) is 4.39 Å². The molecule has 0 aromatic carbocycles. The van der Waals surface area contributed by atoms with Crippen LogP contribution >= 0.6 is 0 Å². The number of rotatable bonds is 5. The SMILES string of the molecule is Fc1c(CNC2CC2)ccnc1OC1CCC1. The lowest BCUT2D eigenvalue weighted by Gasteiger charge is -2.26. The van der Waals surface area contributed by atoms with E-state index in [1.54, 1.807) is 12.3 Å². The van der Waals surface area contributed by atoms with E-state index in [1.165, 1.54) is 19.3 Å². The lowest BCUT2D eigenvalue weighted by molar-refractivity contribution is 0.108. The van der Waals surface area contributed by atoms with Crippen molar-refractivity contribution < 1.29 is 9.13 Å². The van der Waals surface area contributed by atoms with Crippen molar-refractivity contribution in [3.05, 3.63) is 23.6 Å². The van der Waals surface area contributed by atoms with Gasteiger partial charge in [0.1, 0.15) is 6.10 Å². The van der Waals surface area contributed by atoms with Gasteiger partial charge in [-0.3, -0.25) is 0 Å². The Morgan fingerprint density at radius 2 is 2.18 bits per heavy atom. The number of ether oxygens (including phenoxy) is 1. The molecule has 0 aliphatic heterocycles. The van der Waals surface area contributed by atoms with Crippen molar-refractivity contribution >= 4 is 0 Å². The molecule has 1 aromatic rings. The molecule has 0 bridgehead atoms.